The lowest BCUT2D eigenvalue weighted by Gasteiger charge is -2.16. The van der Waals surface area contributed by atoms with E-state index in [0.717, 1.165) is 11.8 Å². The summed E-state index contributed by atoms with van der Waals surface area (Å²) in [5.74, 6) is 0.608. The number of hydrogen-bond acceptors (Lipinski definition) is 4. The molecule has 3 nitrogen and oxygen atoms in total. The summed E-state index contributed by atoms with van der Waals surface area (Å²) in [6.45, 7) is 0. The fraction of sp³-hybridized carbons (Fsp3) is 0.273. The van der Waals surface area contributed by atoms with Crippen molar-refractivity contribution in [2.24, 2.45) is 0 Å². The first-order chi connectivity index (χ1) is 7.68. The Hall–Kier alpha value is -1.07. The van der Waals surface area contributed by atoms with Gasteiger partial charge in [0, 0.05) is 0 Å². The number of rotatable bonds is 2. The summed E-state index contributed by atoms with van der Waals surface area (Å²) in [4.78, 5) is 11.6. The van der Waals surface area contributed by atoms with E-state index in [4.69, 9.17) is 4.74 Å². The van der Waals surface area contributed by atoms with E-state index in [0.29, 0.717) is 5.56 Å². The van der Waals surface area contributed by atoms with Gasteiger partial charge in [-0.15, -0.1) is 11.8 Å². The van der Waals surface area contributed by atoms with Crippen molar-refractivity contribution in [2.45, 2.75) is 17.7 Å². The molecular weight excluding hydrogens is 231 g/mol. The van der Waals surface area contributed by atoms with Crippen LogP contribution in [0.15, 0.2) is 30.3 Å². The molecule has 1 radical (unpaired) electrons. The third-order valence-corrected chi connectivity index (χ3v) is 3.16. The van der Waals surface area contributed by atoms with Crippen LogP contribution in [0.3, 0.4) is 0 Å². The van der Waals surface area contributed by atoms with E-state index in [1.54, 1.807) is 30.3 Å². The van der Waals surface area contributed by atoms with Crippen LogP contribution < -0.4 is 0 Å². The van der Waals surface area contributed by atoms with E-state index >= 15 is 0 Å². The van der Waals surface area contributed by atoms with Crippen LogP contribution in [0.1, 0.15) is 10.4 Å². The first-order valence-electron chi connectivity index (χ1n) is 4.75. The van der Waals surface area contributed by atoms with Crippen LogP contribution in [0.4, 0.5) is 4.39 Å². The SMILES string of the molecule is O=C(O[C@H]1C(O)S[CH][C@H]1F)c1ccccc1. The molecule has 1 aromatic rings. The Labute approximate surface area is 96.6 Å². The minimum absolute atomic E-state index is 0.346. The molecule has 0 aromatic heterocycles. The van der Waals surface area contributed by atoms with Gasteiger partial charge in [-0.05, 0) is 12.1 Å². The van der Waals surface area contributed by atoms with Gasteiger partial charge in [-0.1, -0.05) is 18.2 Å². The van der Waals surface area contributed by atoms with E-state index in [2.05, 4.69) is 0 Å². The van der Waals surface area contributed by atoms with Gasteiger partial charge in [-0.3, -0.25) is 0 Å². The molecule has 0 aliphatic carbocycles. The van der Waals surface area contributed by atoms with Gasteiger partial charge in [0.05, 0.1) is 11.3 Å². The van der Waals surface area contributed by atoms with E-state index < -0.39 is 23.7 Å². The molecule has 0 bridgehead atoms. The summed E-state index contributed by atoms with van der Waals surface area (Å²) in [7, 11) is 0. The summed E-state index contributed by atoms with van der Waals surface area (Å²) < 4.78 is 18.1. The van der Waals surface area contributed by atoms with Crippen LogP contribution in [-0.4, -0.2) is 28.8 Å². The largest absolute Gasteiger partial charge is 0.452 e. The van der Waals surface area contributed by atoms with Crippen LogP contribution in [0, 0.1) is 5.75 Å². The van der Waals surface area contributed by atoms with Crippen molar-refractivity contribution < 1.29 is 19.0 Å². The number of aliphatic hydroxyl groups excluding tert-OH is 1. The molecule has 5 heteroatoms. The molecule has 1 unspecified atom stereocenters. The normalized spacial score (nSPS) is 29.0. The Morgan fingerprint density at radius 3 is 2.62 bits per heavy atom. The molecule has 1 aliphatic heterocycles. The summed E-state index contributed by atoms with van der Waals surface area (Å²) in [6.07, 6.45) is -2.54. The number of halogens is 1. The maximum atomic E-state index is 13.2. The zero-order chi connectivity index (χ0) is 11.5. The second kappa shape index (κ2) is 4.84. The maximum absolute atomic E-state index is 13.2. The Morgan fingerprint density at radius 2 is 2.06 bits per heavy atom. The molecule has 1 N–H and O–H groups in total. The van der Waals surface area contributed by atoms with Crippen LogP contribution >= 0.6 is 11.8 Å². The van der Waals surface area contributed by atoms with Gasteiger partial charge in [0.1, 0.15) is 5.44 Å². The topological polar surface area (TPSA) is 46.5 Å². The van der Waals surface area contributed by atoms with Crippen molar-refractivity contribution in [3.63, 3.8) is 0 Å². The molecular formula is C11H10FO3S. The van der Waals surface area contributed by atoms with Crippen LogP contribution in [-0.2, 0) is 4.74 Å². The van der Waals surface area contributed by atoms with Crippen molar-refractivity contribution in [3.8, 4) is 0 Å². The molecule has 1 aromatic carbocycles. The van der Waals surface area contributed by atoms with Crippen LogP contribution in [0.5, 0.6) is 0 Å². The third kappa shape index (κ3) is 2.36. The molecule has 1 fully saturated rings. The lowest BCUT2D eigenvalue weighted by molar-refractivity contribution is -0.0113. The quantitative estimate of drug-likeness (QED) is 0.802. The number of thioether (sulfide) groups is 1. The second-order valence-electron chi connectivity index (χ2n) is 3.34. The van der Waals surface area contributed by atoms with Crippen LogP contribution in [0.25, 0.3) is 0 Å². The third-order valence-electron chi connectivity index (χ3n) is 2.20. The lowest BCUT2D eigenvalue weighted by atomic mass is 10.2. The smallest absolute Gasteiger partial charge is 0.338 e. The number of carbonyl (C=O) groups is 1. The highest BCUT2D eigenvalue weighted by atomic mass is 32.2. The molecule has 1 saturated heterocycles. The van der Waals surface area contributed by atoms with Crippen molar-refractivity contribution in [3.05, 3.63) is 41.6 Å². The molecule has 0 amide bonds. The summed E-state index contributed by atoms with van der Waals surface area (Å²) >= 11 is 0.929. The average molecular weight is 241 g/mol. The van der Waals surface area contributed by atoms with Gasteiger partial charge in [0.15, 0.2) is 12.3 Å². The number of ether oxygens (including phenoxy) is 1. The number of carbonyl (C=O) groups excluding carboxylic acids is 1. The van der Waals surface area contributed by atoms with E-state index in [9.17, 15) is 14.3 Å². The zero-order valence-corrected chi connectivity index (χ0v) is 9.06. The predicted octanol–water partition coefficient (Wildman–Crippen LogP) is 1.78. The Bertz CT molecular complexity index is 361. The van der Waals surface area contributed by atoms with E-state index in [1.807, 2.05) is 0 Å². The maximum Gasteiger partial charge on any atom is 0.338 e. The van der Waals surface area contributed by atoms with Gasteiger partial charge < -0.3 is 9.84 Å². The predicted molar refractivity (Wildman–Crippen MR) is 58.4 cm³/mol. The first kappa shape index (κ1) is 11.4. The van der Waals surface area contributed by atoms with E-state index in [-0.39, 0.29) is 0 Å². The Morgan fingerprint density at radius 1 is 1.38 bits per heavy atom. The first-order valence-corrected chi connectivity index (χ1v) is 5.70. The molecule has 0 saturated carbocycles. The number of aliphatic hydroxyl groups is 1. The van der Waals surface area contributed by atoms with Gasteiger partial charge in [0.25, 0.3) is 0 Å². The number of hydrogen-bond donors (Lipinski definition) is 1. The molecule has 1 heterocycles. The van der Waals surface area contributed by atoms with Crippen molar-refractivity contribution in [1.29, 1.82) is 0 Å². The molecule has 3 atom stereocenters. The van der Waals surface area contributed by atoms with Crippen LogP contribution in [0.2, 0.25) is 0 Å². The van der Waals surface area contributed by atoms with Crippen molar-refractivity contribution in [2.75, 3.05) is 0 Å². The highest BCUT2D eigenvalue weighted by molar-refractivity contribution is 8.02. The fourth-order valence-corrected chi connectivity index (χ4v) is 2.18. The highest BCUT2D eigenvalue weighted by Crippen LogP contribution is 2.33. The summed E-state index contributed by atoms with van der Waals surface area (Å²) in [5.41, 5.74) is -0.679. The Kier molecular flexibility index (Phi) is 3.46. The lowest BCUT2D eigenvalue weighted by Crippen LogP contribution is -2.31. The van der Waals surface area contributed by atoms with Crippen molar-refractivity contribution in [1.82, 2.24) is 0 Å². The highest BCUT2D eigenvalue weighted by Gasteiger charge is 2.39. The second-order valence-corrected chi connectivity index (χ2v) is 4.37. The molecule has 85 valence electrons. The van der Waals surface area contributed by atoms with Gasteiger partial charge in [-0.25, -0.2) is 9.18 Å². The number of alkyl halides is 1. The standard InChI is InChI=1S/C11H10FO3S/c12-8-6-16-11(14)9(8)15-10(13)7-4-2-1-3-5-7/h1-6,8-9,11,14H/t8-,9-,11?/m1/s1. The average Bonchev–Trinajstić information content (AvgIpc) is 2.62. The molecule has 1 aliphatic rings. The summed E-state index contributed by atoms with van der Waals surface area (Å²) in [6, 6.07) is 8.30. The van der Waals surface area contributed by atoms with Crippen molar-refractivity contribution >= 4 is 17.7 Å². The van der Waals surface area contributed by atoms with Gasteiger partial charge in [-0.2, -0.15) is 0 Å². The molecule has 2 rings (SSSR count). The van der Waals surface area contributed by atoms with Gasteiger partial charge >= 0.3 is 5.97 Å². The monoisotopic (exact) mass is 241 g/mol. The minimum Gasteiger partial charge on any atom is -0.452 e. The zero-order valence-electron chi connectivity index (χ0n) is 8.25. The minimum atomic E-state index is -1.42. The molecule has 0 spiro atoms. The molecule has 16 heavy (non-hydrogen) atoms. The number of benzene rings is 1. The number of esters is 1. The fourth-order valence-electron chi connectivity index (χ4n) is 1.36. The summed E-state index contributed by atoms with van der Waals surface area (Å²) in [5, 5.41) is 9.37. The van der Waals surface area contributed by atoms with E-state index in [1.165, 1.54) is 5.75 Å². The Balaban J connectivity index is 2.02. The van der Waals surface area contributed by atoms with Gasteiger partial charge in [0.2, 0.25) is 0 Å².